The van der Waals surface area contributed by atoms with E-state index in [1.54, 1.807) is 0 Å². The molecule has 0 aliphatic heterocycles. The van der Waals surface area contributed by atoms with E-state index in [4.69, 9.17) is 6.57 Å². The molecule has 0 unspecified atom stereocenters. The summed E-state index contributed by atoms with van der Waals surface area (Å²) in [6.07, 6.45) is 0. The fourth-order valence-corrected chi connectivity index (χ4v) is 5.13. The highest BCUT2D eigenvalue weighted by atomic mass is 15.0. The normalized spacial score (nSPS) is 11.5. The summed E-state index contributed by atoms with van der Waals surface area (Å²) in [4.78, 5) is 7.06. The van der Waals surface area contributed by atoms with Gasteiger partial charge in [0.05, 0.1) is 17.6 Å². The van der Waals surface area contributed by atoms with Gasteiger partial charge in [-0.05, 0) is 59.7 Å². The Labute approximate surface area is 196 Å². The number of fused-ring (bicyclic) bond motifs is 6. The van der Waals surface area contributed by atoms with Crippen LogP contribution in [0.4, 0.5) is 5.69 Å². The molecular formula is C31H19N3. The highest BCUT2D eigenvalue weighted by Gasteiger charge is 2.13. The number of rotatable bonds is 2. The van der Waals surface area contributed by atoms with Gasteiger partial charge in [0.1, 0.15) is 0 Å². The highest BCUT2D eigenvalue weighted by Crippen LogP contribution is 2.36. The third-order valence-corrected chi connectivity index (χ3v) is 6.75. The largest absolute Gasteiger partial charge is 0.355 e. The first-order valence-electron chi connectivity index (χ1n) is 11.3. The van der Waals surface area contributed by atoms with Gasteiger partial charge in [-0.15, -0.1) is 0 Å². The minimum Gasteiger partial charge on any atom is -0.355 e. The predicted molar refractivity (Wildman–Crippen MR) is 142 cm³/mol. The molecule has 0 saturated carbocycles. The number of nitrogens with zero attached hydrogens (tertiary/aromatic N) is 2. The summed E-state index contributed by atoms with van der Waals surface area (Å²) in [6.45, 7) is 7.26. The molecule has 7 rings (SSSR count). The Morgan fingerprint density at radius 3 is 2.03 bits per heavy atom. The maximum Gasteiger partial charge on any atom is 0.187 e. The molecule has 34 heavy (non-hydrogen) atoms. The van der Waals surface area contributed by atoms with E-state index in [0.29, 0.717) is 5.69 Å². The van der Waals surface area contributed by atoms with Crippen molar-refractivity contribution in [3.05, 3.63) is 121 Å². The van der Waals surface area contributed by atoms with Crippen molar-refractivity contribution in [2.24, 2.45) is 0 Å². The molecule has 5 aromatic carbocycles. The zero-order chi connectivity index (χ0) is 22.6. The van der Waals surface area contributed by atoms with Gasteiger partial charge in [-0.3, -0.25) is 0 Å². The molecule has 3 nitrogen and oxygen atoms in total. The predicted octanol–water partition coefficient (Wildman–Crippen LogP) is 8.64. The van der Waals surface area contributed by atoms with Gasteiger partial charge in [0.15, 0.2) is 5.69 Å². The van der Waals surface area contributed by atoms with Gasteiger partial charge >= 0.3 is 0 Å². The second-order valence-corrected chi connectivity index (χ2v) is 8.64. The summed E-state index contributed by atoms with van der Waals surface area (Å²) in [5.41, 5.74) is 8.77. The number of aromatic nitrogens is 2. The van der Waals surface area contributed by atoms with Crippen molar-refractivity contribution >= 4 is 49.3 Å². The van der Waals surface area contributed by atoms with Crippen molar-refractivity contribution < 1.29 is 0 Å². The van der Waals surface area contributed by atoms with E-state index < -0.39 is 0 Å². The number of nitrogens with one attached hydrogen (secondary N) is 1. The van der Waals surface area contributed by atoms with Crippen molar-refractivity contribution in [2.75, 3.05) is 0 Å². The molecule has 158 valence electrons. The monoisotopic (exact) mass is 433 g/mol. The van der Waals surface area contributed by atoms with Crippen LogP contribution in [0.1, 0.15) is 0 Å². The lowest BCUT2D eigenvalue weighted by Crippen LogP contribution is -1.92. The van der Waals surface area contributed by atoms with Crippen LogP contribution in [0.15, 0.2) is 109 Å². The molecule has 0 radical (unpaired) electrons. The lowest BCUT2D eigenvalue weighted by molar-refractivity contribution is 1.18. The molecule has 2 aromatic heterocycles. The lowest BCUT2D eigenvalue weighted by Gasteiger charge is -2.08. The molecular weight excluding hydrogens is 414 g/mol. The van der Waals surface area contributed by atoms with Crippen LogP contribution in [0.5, 0.6) is 0 Å². The minimum absolute atomic E-state index is 0.652. The molecule has 0 fully saturated rings. The van der Waals surface area contributed by atoms with Crippen LogP contribution in [0.2, 0.25) is 0 Å². The number of H-pyrrole nitrogens is 1. The van der Waals surface area contributed by atoms with Crippen LogP contribution in [0, 0.1) is 6.57 Å². The second-order valence-electron chi connectivity index (χ2n) is 8.64. The maximum absolute atomic E-state index is 7.26. The van der Waals surface area contributed by atoms with Crippen LogP contribution in [-0.2, 0) is 0 Å². The molecule has 0 amide bonds. The zero-order valence-electron chi connectivity index (χ0n) is 18.3. The topological polar surface area (TPSA) is 25.1 Å². The molecule has 0 atom stereocenters. The number of aromatic amines is 1. The number of para-hydroxylation sites is 2. The molecule has 2 heterocycles. The Morgan fingerprint density at radius 1 is 0.559 bits per heavy atom. The van der Waals surface area contributed by atoms with Crippen molar-refractivity contribution in [2.45, 2.75) is 0 Å². The van der Waals surface area contributed by atoms with Gasteiger partial charge in [-0.1, -0.05) is 60.7 Å². The van der Waals surface area contributed by atoms with E-state index in [2.05, 4.69) is 99.3 Å². The summed E-state index contributed by atoms with van der Waals surface area (Å²) in [6, 6.07) is 38.2. The third kappa shape index (κ3) is 2.69. The van der Waals surface area contributed by atoms with E-state index in [-0.39, 0.29) is 0 Å². The smallest absolute Gasteiger partial charge is 0.187 e. The Bertz CT molecular complexity index is 1910. The van der Waals surface area contributed by atoms with Crippen LogP contribution in [0.25, 0.3) is 65.3 Å². The summed E-state index contributed by atoms with van der Waals surface area (Å²) in [5.74, 6) is 0. The summed E-state index contributed by atoms with van der Waals surface area (Å²) in [7, 11) is 0. The summed E-state index contributed by atoms with van der Waals surface area (Å²) in [5, 5.41) is 4.94. The first-order chi connectivity index (χ1) is 16.8. The van der Waals surface area contributed by atoms with Crippen molar-refractivity contribution in [1.29, 1.82) is 0 Å². The SMILES string of the molecule is [C-]#[N+]c1ccc(-n2c3ccccc3c3cc(-c4ccc5[nH]c6ccccc6c5c4)ccc32)cc1. The zero-order valence-corrected chi connectivity index (χ0v) is 18.3. The van der Waals surface area contributed by atoms with Gasteiger partial charge in [0, 0.05) is 38.3 Å². The average Bonchev–Trinajstić information content (AvgIpc) is 3.43. The van der Waals surface area contributed by atoms with Crippen LogP contribution >= 0.6 is 0 Å². The van der Waals surface area contributed by atoms with Gasteiger partial charge in [0.2, 0.25) is 0 Å². The molecule has 0 saturated heterocycles. The van der Waals surface area contributed by atoms with Gasteiger partial charge in [-0.25, -0.2) is 4.85 Å². The lowest BCUT2D eigenvalue weighted by atomic mass is 10.0. The minimum atomic E-state index is 0.652. The summed E-state index contributed by atoms with van der Waals surface area (Å²) < 4.78 is 2.28. The van der Waals surface area contributed by atoms with Crippen LogP contribution in [0.3, 0.4) is 0 Å². The van der Waals surface area contributed by atoms with Crippen LogP contribution in [-0.4, -0.2) is 9.55 Å². The molecule has 0 spiro atoms. The van der Waals surface area contributed by atoms with Gasteiger partial charge in [-0.2, -0.15) is 0 Å². The molecule has 0 aliphatic carbocycles. The maximum atomic E-state index is 7.26. The van der Waals surface area contributed by atoms with E-state index in [0.717, 1.165) is 27.8 Å². The van der Waals surface area contributed by atoms with Gasteiger partial charge in [0.25, 0.3) is 0 Å². The molecule has 0 aliphatic rings. The Hall–Kier alpha value is -4.81. The standard InChI is InChI=1S/C31H19N3/c1-32-22-12-14-23(15-13-22)34-30-9-5-3-7-25(30)27-19-21(11-17-31(27)34)20-10-16-29-26(18-20)24-6-2-4-8-28(24)33-29/h2-19,33H. The van der Waals surface area contributed by atoms with E-state index in [9.17, 15) is 0 Å². The van der Waals surface area contributed by atoms with Crippen molar-refractivity contribution in [1.82, 2.24) is 9.55 Å². The van der Waals surface area contributed by atoms with E-state index >= 15 is 0 Å². The molecule has 3 heteroatoms. The molecule has 0 bridgehead atoms. The van der Waals surface area contributed by atoms with E-state index in [1.807, 2.05) is 24.3 Å². The Balaban J connectivity index is 1.46. The quantitative estimate of drug-likeness (QED) is 0.264. The Kier molecular flexibility index (Phi) is 3.91. The van der Waals surface area contributed by atoms with Crippen molar-refractivity contribution in [3.63, 3.8) is 0 Å². The second kappa shape index (κ2) is 7.10. The first-order valence-corrected chi connectivity index (χ1v) is 11.3. The van der Waals surface area contributed by atoms with E-state index in [1.165, 1.54) is 32.7 Å². The fourth-order valence-electron chi connectivity index (χ4n) is 5.13. The Morgan fingerprint density at radius 2 is 1.21 bits per heavy atom. The number of hydrogen-bond acceptors (Lipinski definition) is 0. The van der Waals surface area contributed by atoms with Crippen LogP contribution < -0.4 is 0 Å². The molecule has 7 aromatic rings. The average molecular weight is 434 g/mol. The van der Waals surface area contributed by atoms with Gasteiger partial charge < -0.3 is 9.55 Å². The number of benzene rings is 5. The highest BCUT2D eigenvalue weighted by molar-refractivity contribution is 6.11. The first kappa shape index (κ1) is 18.7. The van der Waals surface area contributed by atoms with Crippen molar-refractivity contribution in [3.8, 4) is 16.8 Å². The summed E-state index contributed by atoms with van der Waals surface area (Å²) >= 11 is 0. The number of hydrogen-bond donors (Lipinski definition) is 1. The fraction of sp³-hybridized carbons (Fsp3) is 0. The molecule has 1 N–H and O–H groups in total. The third-order valence-electron chi connectivity index (χ3n) is 6.75.